The van der Waals surface area contributed by atoms with Crippen LogP contribution in [0.3, 0.4) is 0 Å². The number of halogens is 1. The van der Waals surface area contributed by atoms with E-state index in [2.05, 4.69) is 9.46 Å². The number of hydrogen-bond acceptors (Lipinski definition) is 5. The van der Waals surface area contributed by atoms with Crippen LogP contribution in [0.25, 0.3) is 0 Å². The number of carboxylic acids is 1. The second-order valence-electron chi connectivity index (χ2n) is 4.29. The highest BCUT2D eigenvalue weighted by Crippen LogP contribution is 2.15. The summed E-state index contributed by atoms with van der Waals surface area (Å²) in [6, 6.07) is 2.64. The van der Waals surface area contributed by atoms with Gasteiger partial charge in [-0.05, 0) is 31.5 Å². The molecule has 9 heteroatoms. The number of aliphatic carboxylic acids is 1. The molecule has 1 aromatic carbocycles. The first-order valence-corrected chi connectivity index (χ1v) is 7.93. The van der Waals surface area contributed by atoms with E-state index in [1.165, 1.54) is 0 Å². The van der Waals surface area contributed by atoms with Crippen LogP contribution in [0, 0.1) is 5.82 Å². The molecule has 122 valence electrons. The van der Waals surface area contributed by atoms with Gasteiger partial charge in [-0.3, -0.25) is 4.79 Å². The largest absolute Gasteiger partial charge is 0.481 e. The Hall–Kier alpha value is -2.00. The van der Waals surface area contributed by atoms with E-state index in [0.29, 0.717) is 0 Å². The van der Waals surface area contributed by atoms with Crippen LogP contribution in [0.5, 0.6) is 0 Å². The van der Waals surface area contributed by atoms with Crippen molar-refractivity contribution in [3.63, 3.8) is 0 Å². The van der Waals surface area contributed by atoms with Gasteiger partial charge in [0.15, 0.2) is 0 Å². The molecule has 0 bridgehead atoms. The van der Waals surface area contributed by atoms with Gasteiger partial charge in [-0.15, -0.1) is 0 Å². The number of carboxylic acid groups (broad SMARTS) is 1. The third-order valence-corrected chi connectivity index (χ3v) is 3.99. The fourth-order valence-electron chi connectivity index (χ4n) is 1.58. The maximum absolute atomic E-state index is 13.5. The van der Waals surface area contributed by atoms with Gasteiger partial charge in [0.05, 0.1) is 17.1 Å². The van der Waals surface area contributed by atoms with E-state index >= 15 is 0 Å². The molecule has 0 heterocycles. The molecule has 0 aliphatic rings. The highest BCUT2D eigenvalue weighted by atomic mass is 32.2. The summed E-state index contributed by atoms with van der Waals surface area (Å²) >= 11 is 0. The SMILES string of the molecule is CCOC(=O)c1cc(F)cc(S(=O)(=O)NCCCC(=O)O)c1. The van der Waals surface area contributed by atoms with E-state index < -0.39 is 32.7 Å². The van der Waals surface area contributed by atoms with Crippen molar-refractivity contribution in [2.24, 2.45) is 0 Å². The number of sulfonamides is 1. The van der Waals surface area contributed by atoms with Gasteiger partial charge < -0.3 is 9.84 Å². The van der Waals surface area contributed by atoms with Crippen molar-refractivity contribution in [3.05, 3.63) is 29.6 Å². The fraction of sp³-hybridized carbons (Fsp3) is 0.385. The normalized spacial score (nSPS) is 11.2. The second-order valence-corrected chi connectivity index (χ2v) is 6.06. The van der Waals surface area contributed by atoms with Gasteiger partial charge in [0.25, 0.3) is 0 Å². The summed E-state index contributed by atoms with van der Waals surface area (Å²) in [6.07, 6.45) is -0.103. The van der Waals surface area contributed by atoms with Gasteiger partial charge in [-0.1, -0.05) is 0 Å². The van der Waals surface area contributed by atoms with E-state index in [0.717, 1.165) is 18.2 Å². The third kappa shape index (κ3) is 5.41. The molecule has 0 spiro atoms. The molecular formula is C13H16FNO6S. The van der Waals surface area contributed by atoms with Crippen LogP contribution in [-0.4, -0.2) is 38.6 Å². The first-order valence-electron chi connectivity index (χ1n) is 6.45. The lowest BCUT2D eigenvalue weighted by Gasteiger charge is -2.08. The average molecular weight is 333 g/mol. The average Bonchev–Trinajstić information content (AvgIpc) is 2.43. The summed E-state index contributed by atoms with van der Waals surface area (Å²) in [6.45, 7) is 1.53. The van der Waals surface area contributed by atoms with Gasteiger partial charge in [0.1, 0.15) is 5.82 Å². The van der Waals surface area contributed by atoms with Crippen molar-refractivity contribution >= 4 is 22.0 Å². The predicted molar refractivity (Wildman–Crippen MR) is 74.4 cm³/mol. The molecule has 0 radical (unpaired) electrons. The number of ether oxygens (including phenoxy) is 1. The van der Waals surface area contributed by atoms with Crippen LogP contribution in [0.2, 0.25) is 0 Å². The molecule has 0 aliphatic heterocycles. The molecule has 0 unspecified atom stereocenters. The number of nitrogens with one attached hydrogen (secondary N) is 1. The Bertz CT molecular complexity index is 658. The Labute approximate surface area is 127 Å². The standard InChI is InChI=1S/C13H16FNO6S/c1-2-21-13(18)9-6-10(14)8-11(7-9)22(19,20)15-5-3-4-12(16)17/h6-8,15H,2-5H2,1H3,(H,16,17). The zero-order valence-corrected chi connectivity index (χ0v) is 12.7. The summed E-state index contributed by atoms with van der Waals surface area (Å²) in [5.74, 6) is -2.77. The van der Waals surface area contributed by atoms with Crippen molar-refractivity contribution in [3.8, 4) is 0 Å². The Balaban J connectivity index is 2.90. The second kappa shape index (κ2) is 7.85. The van der Waals surface area contributed by atoms with Crippen molar-refractivity contribution in [1.29, 1.82) is 0 Å². The minimum absolute atomic E-state index is 0.0743. The monoisotopic (exact) mass is 333 g/mol. The lowest BCUT2D eigenvalue weighted by atomic mass is 10.2. The molecule has 1 aromatic rings. The number of hydrogen-bond donors (Lipinski definition) is 2. The lowest BCUT2D eigenvalue weighted by molar-refractivity contribution is -0.137. The molecule has 0 saturated carbocycles. The first-order chi connectivity index (χ1) is 10.3. The smallest absolute Gasteiger partial charge is 0.338 e. The quantitative estimate of drug-likeness (QED) is 0.545. The molecule has 7 nitrogen and oxygen atoms in total. The minimum atomic E-state index is -4.04. The lowest BCUT2D eigenvalue weighted by Crippen LogP contribution is -2.25. The van der Waals surface area contributed by atoms with Gasteiger partial charge in [0, 0.05) is 13.0 Å². The summed E-state index contributed by atoms with van der Waals surface area (Å²) in [5.41, 5.74) is -0.215. The van der Waals surface area contributed by atoms with Gasteiger partial charge in [0.2, 0.25) is 10.0 Å². The van der Waals surface area contributed by atoms with E-state index in [4.69, 9.17) is 5.11 Å². The maximum atomic E-state index is 13.5. The van der Waals surface area contributed by atoms with Gasteiger partial charge in [-0.2, -0.15) is 0 Å². The Kier molecular flexibility index (Phi) is 6.44. The van der Waals surface area contributed by atoms with Gasteiger partial charge >= 0.3 is 11.9 Å². The van der Waals surface area contributed by atoms with Crippen LogP contribution < -0.4 is 4.72 Å². The molecule has 2 N–H and O–H groups in total. The molecular weight excluding hydrogens is 317 g/mol. The van der Waals surface area contributed by atoms with Crippen LogP contribution >= 0.6 is 0 Å². The van der Waals surface area contributed by atoms with Crippen LogP contribution in [0.15, 0.2) is 23.1 Å². The fourth-order valence-corrected chi connectivity index (χ4v) is 2.71. The highest BCUT2D eigenvalue weighted by molar-refractivity contribution is 7.89. The summed E-state index contributed by atoms with van der Waals surface area (Å²) in [4.78, 5) is 21.5. The number of carbonyl (C=O) groups is 2. The number of esters is 1. The minimum Gasteiger partial charge on any atom is -0.481 e. The molecule has 0 atom stereocenters. The van der Waals surface area contributed by atoms with E-state index in [-0.39, 0.29) is 31.6 Å². The van der Waals surface area contributed by atoms with E-state index in [1.54, 1.807) is 6.92 Å². The molecule has 0 fully saturated rings. The summed E-state index contributed by atoms with van der Waals surface area (Å²) in [5, 5.41) is 8.47. The Morgan fingerprint density at radius 1 is 1.32 bits per heavy atom. The topological polar surface area (TPSA) is 110 Å². The van der Waals surface area contributed by atoms with Crippen LogP contribution in [0.4, 0.5) is 4.39 Å². The molecule has 0 aliphatic carbocycles. The summed E-state index contributed by atoms with van der Waals surface area (Å²) < 4.78 is 44.3. The number of rotatable bonds is 8. The van der Waals surface area contributed by atoms with E-state index in [9.17, 15) is 22.4 Å². The van der Waals surface area contributed by atoms with Crippen molar-refractivity contribution in [2.45, 2.75) is 24.7 Å². The van der Waals surface area contributed by atoms with Crippen molar-refractivity contribution in [2.75, 3.05) is 13.2 Å². The molecule has 22 heavy (non-hydrogen) atoms. The highest BCUT2D eigenvalue weighted by Gasteiger charge is 2.18. The zero-order valence-electron chi connectivity index (χ0n) is 11.8. The summed E-state index contributed by atoms with van der Waals surface area (Å²) in [7, 11) is -4.04. The molecule has 1 rings (SSSR count). The Morgan fingerprint density at radius 3 is 2.59 bits per heavy atom. The van der Waals surface area contributed by atoms with Crippen molar-refractivity contribution < 1.29 is 32.2 Å². The third-order valence-electron chi connectivity index (χ3n) is 2.55. The van der Waals surface area contributed by atoms with Gasteiger partial charge in [-0.25, -0.2) is 22.3 Å². The predicted octanol–water partition coefficient (Wildman–Crippen LogP) is 1.15. The van der Waals surface area contributed by atoms with Crippen molar-refractivity contribution in [1.82, 2.24) is 4.72 Å². The number of benzene rings is 1. The van der Waals surface area contributed by atoms with Crippen LogP contribution in [0.1, 0.15) is 30.1 Å². The molecule has 0 aromatic heterocycles. The Morgan fingerprint density at radius 2 is 2.00 bits per heavy atom. The number of carbonyl (C=O) groups excluding carboxylic acids is 1. The first kappa shape index (κ1) is 18.1. The molecule has 0 amide bonds. The van der Waals surface area contributed by atoms with Crippen LogP contribution in [-0.2, 0) is 19.6 Å². The maximum Gasteiger partial charge on any atom is 0.338 e. The molecule has 0 saturated heterocycles. The van der Waals surface area contributed by atoms with E-state index in [1.807, 2.05) is 0 Å². The zero-order chi connectivity index (χ0) is 16.8.